The Labute approximate surface area is 300 Å². The maximum atomic E-state index is 14.0. The number of piperazine rings is 1. The molecule has 282 valence electrons. The number of carbonyl (C=O) groups is 4. The number of likely N-dealkylation sites (tertiary alicyclic amines) is 1. The van der Waals surface area contributed by atoms with Gasteiger partial charge in [0.1, 0.15) is 0 Å². The minimum Gasteiger partial charge on any atom is -0.379 e. The summed E-state index contributed by atoms with van der Waals surface area (Å²) in [4.78, 5) is 59.8. The topological polar surface area (TPSA) is 133 Å². The lowest BCUT2D eigenvalue weighted by Crippen LogP contribution is -2.57. The lowest BCUT2D eigenvalue weighted by Gasteiger charge is -2.39. The van der Waals surface area contributed by atoms with Crippen molar-refractivity contribution in [2.45, 2.75) is 97.1 Å². The summed E-state index contributed by atoms with van der Waals surface area (Å²) >= 11 is 0. The third kappa shape index (κ3) is 11.2. The Morgan fingerprint density at radius 3 is 2.24 bits per heavy atom. The number of amides is 4. The zero-order valence-electron chi connectivity index (χ0n) is 31.8. The maximum absolute atomic E-state index is 14.0. The van der Waals surface area contributed by atoms with Crippen LogP contribution in [-0.2, 0) is 35.1 Å². The second-order valence-corrected chi connectivity index (χ2v) is 14.4. The summed E-state index contributed by atoms with van der Waals surface area (Å²) in [5.41, 5.74) is 1.15. The number of rotatable bonds is 19. The molecule has 2 aliphatic heterocycles. The molecule has 50 heavy (non-hydrogen) atoms. The van der Waals surface area contributed by atoms with Crippen molar-refractivity contribution in [1.29, 1.82) is 0 Å². The number of ether oxygens (including phenoxy) is 2. The Kier molecular flexibility index (Phi) is 17.1. The van der Waals surface area contributed by atoms with Crippen molar-refractivity contribution < 1.29 is 28.7 Å². The number of carbonyl (C=O) groups excluding carboxylic acids is 4. The van der Waals surface area contributed by atoms with E-state index in [2.05, 4.69) is 34.7 Å². The molecule has 12 heteroatoms. The molecule has 1 unspecified atom stereocenters. The molecule has 2 saturated heterocycles. The third-order valence-electron chi connectivity index (χ3n) is 10.7. The molecule has 3 rings (SSSR count). The molecule has 0 aliphatic carbocycles. The monoisotopic (exact) mass is 700 g/mol. The normalized spacial score (nSPS) is 20.4. The zero-order valence-corrected chi connectivity index (χ0v) is 31.8. The van der Waals surface area contributed by atoms with Crippen LogP contribution in [0.1, 0.15) is 65.9 Å². The fourth-order valence-electron chi connectivity index (χ4n) is 7.70. The number of nitrogens with zero attached hydrogens (tertiary/aromatic N) is 3. The van der Waals surface area contributed by atoms with E-state index in [0.717, 1.165) is 57.4 Å². The standard InChI is InChI=1S/C38H64N6O6/c1-9-27(4)35(42(6)33(46)25-41-38(48)34(26(2)3)43-22-19-39-20-23-43)31(49-7)24-32(45)44-21-13-16-30(44)36(50-8)28(5)37(47)40-18-17-29-14-11-10-12-15-29/h10-12,14-15,26-28,30-31,34-36,39H,9,13,16-25H2,1-8H3,(H,40,47)(H,41,48)/t27-,28+,30-,31?,34-,35-,36+/m0/s1. The van der Waals surface area contributed by atoms with E-state index in [0.29, 0.717) is 13.1 Å². The first kappa shape index (κ1) is 41.4. The summed E-state index contributed by atoms with van der Waals surface area (Å²) in [6.07, 6.45) is 2.12. The number of hydrogen-bond donors (Lipinski definition) is 3. The second-order valence-electron chi connectivity index (χ2n) is 14.4. The van der Waals surface area contributed by atoms with Crippen molar-refractivity contribution in [2.24, 2.45) is 17.8 Å². The van der Waals surface area contributed by atoms with Gasteiger partial charge in [0, 0.05) is 60.5 Å². The van der Waals surface area contributed by atoms with Gasteiger partial charge in [-0.3, -0.25) is 24.1 Å². The van der Waals surface area contributed by atoms with Gasteiger partial charge in [-0.25, -0.2) is 0 Å². The molecular formula is C38H64N6O6. The maximum Gasteiger partial charge on any atom is 0.242 e. The molecule has 0 aromatic heterocycles. The van der Waals surface area contributed by atoms with Crippen molar-refractivity contribution >= 4 is 23.6 Å². The lowest BCUT2D eigenvalue weighted by atomic mass is 9.90. The number of nitrogens with one attached hydrogen (secondary N) is 3. The molecule has 0 spiro atoms. The molecule has 0 saturated carbocycles. The molecule has 1 aromatic carbocycles. The minimum atomic E-state index is -0.563. The average molecular weight is 701 g/mol. The van der Waals surface area contributed by atoms with E-state index < -0.39 is 18.1 Å². The van der Waals surface area contributed by atoms with Gasteiger partial charge < -0.3 is 35.2 Å². The highest BCUT2D eigenvalue weighted by atomic mass is 16.5. The summed E-state index contributed by atoms with van der Waals surface area (Å²) in [6, 6.07) is 9.08. The number of methoxy groups -OCH3 is 2. The van der Waals surface area contributed by atoms with Crippen molar-refractivity contribution in [2.75, 3.05) is 67.1 Å². The Hall–Kier alpha value is -3.06. The molecule has 3 N–H and O–H groups in total. The van der Waals surface area contributed by atoms with Gasteiger partial charge in [-0.1, -0.05) is 71.4 Å². The Bertz CT molecular complexity index is 1210. The lowest BCUT2D eigenvalue weighted by molar-refractivity contribution is -0.146. The molecule has 0 bridgehead atoms. The van der Waals surface area contributed by atoms with Crippen LogP contribution in [0.2, 0.25) is 0 Å². The largest absolute Gasteiger partial charge is 0.379 e. The first-order chi connectivity index (χ1) is 23.9. The van der Waals surface area contributed by atoms with E-state index >= 15 is 0 Å². The quantitative estimate of drug-likeness (QED) is 0.201. The molecule has 2 fully saturated rings. The summed E-state index contributed by atoms with van der Waals surface area (Å²) < 4.78 is 11.9. The van der Waals surface area contributed by atoms with Crippen LogP contribution in [-0.4, -0.2) is 136 Å². The Morgan fingerprint density at radius 1 is 0.960 bits per heavy atom. The van der Waals surface area contributed by atoms with Crippen LogP contribution in [0.4, 0.5) is 0 Å². The Balaban J connectivity index is 1.64. The van der Waals surface area contributed by atoms with E-state index in [-0.39, 0.29) is 66.6 Å². The molecule has 0 radical (unpaired) electrons. The van der Waals surface area contributed by atoms with Crippen molar-refractivity contribution in [3.63, 3.8) is 0 Å². The minimum absolute atomic E-state index is 0.0300. The SMILES string of the molecule is CC[C@H](C)[C@@H](C(CC(=O)N1CCC[C@H]1[C@H](OC)[C@@H](C)C(=O)NCCc1ccccc1)OC)N(C)C(=O)CNC(=O)[C@H](C(C)C)N1CCNCC1. The molecule has 12 nitrogen and oxygen atoms in total. The smallest absolute Gasteiger partial charge is 0.242 e. The van der Waals surface area contributed by atoms with E-state index in [4.69, 9.17) is 9.47 Å². The van der Waals surface area contributed by atoms with E-state index in [9.17, 15) is 19.2 Å². The molecule has 4 amide bonds. The van der Waals surface area contributed by atoms with E-state index in [1.165, 1.54) is 0 Å². The van der Waals surface area contributed by atoms with Gasteiger partial charge in [-0.15, -0.1) is 0 Å². The van der Waals surface area contributed by atoms with E-state index in [1.807, 2.05) is 56.0 Å². The molecule has 1 aromatic rings. The molecule has 7 atom stereocenters. The van der Waals surface area contributed by atoms with Crippen LogP contribution < -0.4 is 16.0 Å². The van der Waals surface area contributed by atoms with Gasteiger partial charge in [-0.2, -0.15) is 0 Å². The Morgan fingerprint density at radius 2 is 1.64 bits per heavy atom. The average Bonchev–Trinajstić information content (AvgIpc) is 3.60. The number of benzene rings is 1. The van der Waals surface area contributed by atoms with Crippen molar-refractivity contribution in [3.05, 3.63) is 35.9 Å². The van der Waals surface area contributed by atoms with Crippen LogP contribution in [0.25, 0.3) is 0 Å². The summed E-state index contributed by atoms with van der Waals surface area (Å²) in [5.74, 6) is -0.888. The third-order valence-corrected chi connectivity index (χ3v) is 10.7. The van der Waals surface area contributed by atoms with Gasteiger partial charge in [0.2, 0.25) is 23.6 Å². The first-order valence-corrected chi connectivity index (χ1v) is 18.6. The summed E-state index contributed by atoms with van der Waals surface area (Å²) in [7, 11) is 4.91. The molecule has 2 heterocycles. The van der Waals surface area contributed by atoms with Crippen LogP contribution in [0.5, 0.6) is 0 Å². The zero-order chi connectivity index (χ0) is 36.8. The highest BCUT2D eigenvalue weighted by molar-refractivity contribution is 5.88. The highest BCUT2D eigenvalue weighted by Crippen LogP contribution is 2.29. The van der Waals surface area contributed by atoms with Gasteiger partial charge in [0.15, 0.2) is 0 Å². The number of hydrogen-bond acceptors (Lipinski definition) is 8. The van der Waals surface area contributed by atoms with Gasteiger partial charge in [-0.05, 0) is 36.7 Å². The van der Waals surface area contributed by atoms with Crippen LogP contribution in [0.3, 0.4) is 0 Å². The van der Waals surface area contributed by atoms with Crippen LogP contribution in [0, 0.1) is 17.8 Å². The summed E-state index contributed by atoms with van der Waals surface area (Å²) in [6.45, 7) is 14.2. The van der Waals surface area contributed by atoms with Gasteiger partial charge in [0.05, 0.1) is 49.2 Å². The van der Waals surface area contributed by atoms with Crippen molar-refractivity contribution in [3.8, 4) is 0 Å². The van der Waals surface area contributed by atoms with E-state index in [1.54, 1.807) is 26.2 Å². The van der Waals surface area contributed by atoms with Crippen LogP contribution in [0.15, 0.2) is 30.3 Å². The fourth-order valence-corrected chi connectivity index (χ4v) is 7.70. The highest BCUT2D eigenvalue weighted by Gasteiger charge is 2.42. The van der Waals surface area contributed by atoms with Crippen LogP contribution >= 0.6 is 0 Å². The predicted octanol–water partition coefficient (Wildman–Crippen LogP) is 2.31. The second kappa shape index (κ2) is 20.7. The predicted molar refractivity (Wildman–Crippen MR) is 195 cm³/mol. The molecule has 2 aliphatic rings. The fraction of sp³-hybridized carbons (Fsp3) is 0.737. The first-order valence-electron chi connectivity index (χ1n) is 18.6. The van der Waals surface area contributed by atoms with Gasteiger partial charge >= 0.3 is 0 Å². The molecular weight excluding hydrogens is 636 g/mol. The van der Waals surface area contributed by atoms with Gasteiger partial charge in [0.25, 0.3) is 0 Å². The number of likely N-dealkylation sites (N-methyl/N-ethyl adjacent to an activating group) is 1. The van der Waals surface area contributed by atoms with Crippen molar-refractivity contribution in [1.82, 2.24) is 30.7 Å². The summed E-state index contributed by atoms with van der Waals surface area (Å²) in [5, 5.41) is 9.28.